The van der Waals surface area contributed by atoms with Gasteiger partial charge in [-0.2, -0.15) is 5.10 Å². The lowest BCUT2D eigenvalue weighted by atomic mass is 10.1. The number of hydrogen-bond acceptors (Lipinski definition) is 3. The van der Waals surface area contributed by atoms with E-state index in [0.717, 1.165) is 37.5 Å². The van der Waals surface area contributed by atoms with Crippen LogP contribution in [0.5, 0.6) is 0 Å². The molecule has 1 aromatic rings. The van der Waals surface area contributed by atoms with Crippen molar-refractivity contribution in [2.24, 2.45) is 11.7 Å². The topological polar surface area (TPSA) is 56.7 Å². The summed E-state index contributed by atoms with van der Waals surface area (Å²) in [5.74, 6) is 1.94. The van der Waals surface area contributed by atoms with Crippen molar-refractivity contribution in [1.82, 2.24) is 14.8 Å². The highest BCUT2D eigenvalue weighted by atomic mass is 15.3. The van der Waals surface area contributed by atoms with Crippen molar-refractivity contribution in [1.29, 1.82) is 0 Å². The van der Waals surface area contributed by atoms with Crippen molar-refractivity contribution >= 4 is 0 Å². The number of aryl methyl sites for hydroxylation is 1. The van der Waals surface area contributed by atoms with Crippen LogP contribution < -0.4 is 5.73 Å². The van der Waals surface area contributed by atoms with Crippen LogP contribution in [0.2, 0.25) is 0 Å². The first-order chi connectivity index (χ1) is 7.29. The van der Waals surface area contributed by atoms with E-state index in [9.17, 15) is 0 Å². The van der Waals surface area contributed by atoms with Crippen LogP contribution in [0.25, 0.3) is 0 Å². The number of nitrogens with two attached hydrogens (primary N) is 1. The Kier molecular flexibility index (Phi) is 3.36. The summed E-state index contributed by atoms with van der Waals surface area (Å²) < 4.78 is 1.98. The maximum atomic E-state index is 6.09. The Bertz CT molecular complexity index is 303. The van der Waals surface area contributed by atoms with Gasteiger partial charge < -0.3 is 5.73 Å². The molecular formula is C11H20N4. The van der Waals surface area contributed by atoms with Gasteiger partial charge in [-0.1, -0.05) is 19.8 Å². The Hall–Kier alpha value is -0.900. The molecule has 15 heavy (non-hydrogen) atoms. The van der Waals surface area contributed by atoms with Crippen LogP contribution in [0.4, 0.5) is 0 Å². The van der Waals surface area contributed by atoms with E-state index in [4.69, 9.17) is 5.73 Å². The van der Waals surface area contributed by atoms with E-state index in [2.05, 4.69) is 17.0 Å². The fourth-order valence-electron chi connectivity index (χ4n) is 1.94. The molecule has 4 heteroatoms. The van der Waals surface area contributed by atoms with Gasteiger partial charge >= 0.3 is 0 Å². The highest BCUT2D eigenvalue weighted by molar-refractivity contribution is 4.91. The Morgan fingerprint density at radius 1 is 1.60 bits per heavy atom. The fraction of sp³-hybridized carbons (Fsp3) is 0.818. The fourth-order valence-corrected chi connectivity index (χ4v) is 1.94. The number of rotatable bonds is 6. The van der Waals surface area contributed by atoms with Gasteiger partial charge in [0.15, 0.2) is 0 Å². The summed E-state index contributed by atoms with van der Waals surface area (Å²) in [7, 11) is 0. The average Bonchev–Trinajstić information content (AvgIpc) is 2.90. The van der Waals surface area contributed by atoms with E-state index in [0.29, 0.717) is 0 Å². The van der Waals surface area contributed by atoms with Gasteiger partial charge in [-0.05, 0) is 18.8 Å². The summed E-state index contributed by atoms with van der Waals surface area (Å²) in [5.41, 5.74) is 6.09. The Labute approximate surface area is 90.9 Å². The zero-order chi connectivity index (χ0) is 10.7. The molecule has 0 saturated heterocycles. The van der Waals surface area contributed by atoms with Crippen LogP contribution in [0.3, 0.4) is 0 Å². The highest BCUT2D eigenvalue weighted by Crippen LogP contribution is 2.33. The second-order valence-electron chi connectivity index (χ2n) is 4.54. The van der Waals surface area contributed by atoms with Gasteiger partial charge in [0.05, 0.1) is 0 Å². The standard InChI is InChI=1S/C11H20N4/c1-2-5-15-11(13-8-14-15)7-10(12)6-9-3-4-9/h8-10H,2-7,12H2,1H3. The highest BCUT2D eigenvalue weighted by Gasteiger charge is 2.24. The quantitative estimate of drug-likeness (QED) is 0.768. The predicted molar refractivity (Wildman–Crippen MR) is 59.3 cm³/mol. The molecule has 2 N–H and O–H groups in total. The molecule has 0 aliphatic heterocycles. The number of nitrogens with zero attached hydrogens (tertiary/aromatic N) is 3. The zero-order valence-corrected chi connectivity index (χ0v) is 9.39. The second kappa shape index (κ2) is 4.75. The largest absolute Gasteiger partial charge is 0.327 e. The van der Waals surface area contributed by atoms with Gasteiger partial charge in [0.25, 0.3) is 0 Å². The molecule has 4 nitrogen and oxygen atoms in total. The first-order valence-electron chi connectivity index (χ1n) is 5.92. The van der Waals surface area contributed by atoms with E-state index in [-0.39, 0.29) is 6.04 Å². The Balaban J connectivity index is 1.87. The molecule has 0 aromatic carbocycles. The van der Waals surface area contributed by atoms with E-state index in [1.54, 1.807) is 6.33 Å². The summed E-state index contributed by atoms with van der Waals surface area (Å²) in [6.07, 6.45) is 7.49. The lowest BCUT2D eigenvalue weighted by Gasteiger charge is -2.10. The van der Waals surface area contributed by atoms with Crippen LogP contribution in [-0.4, -0.2) is 20.8 Å². The lowest BCUT2D eigenvalue weighted by molar-refractivity contribution is 0.511. The van der Waals surface area contributed by atoms with Crippen molar-refractivity contribution in [3.63, 3.8) is 0 Å². The molecule has 1 aliphatic carbocycles. The summed E-state index contributed by atoms with van der Waals surface area (Å²) in [6.45, 7) is 3.10. The third kappa shape index (κ3) is 3.02. The summed E-state index contributed by atoms with van der Waals surface area (Å²) in [4.78, 5) is 4.27. The first-order valence-corrected chi connectivity index (χ1v) is 5.92. The molecule has 84 valence electrons. The molecule has 0 amide bonds. The average molecular weight is 208 g/mol. The minimum absolute atomic E-state index is 0.261. The first kappa shape index (κ1) is 10.6. The minimum Gasteiger partial charge on any atom is -0.327 e. The van der Waals surface area contributed by atoms with Gasteiger partial charge in [0, 0.05) is 19.0 Å². The van der Waals surface area contributed by atoms with Crippen LogP contribution in [0, 0.1) is 5.92 Å². The maximum Gasteiger partial charge on any atom is 0.138 e. The predicted octanol–water partition coefficient (Wildman–Crippen LogP) is 1.36. The molecule has 0 bridgehead atoms. The molecule has 0 spiro atoms. The molecule has 0 radical (unpaired) electrons. The third-order valence-corrected chi connectivity index (χ3v) is 2.91. The van der Waals surface area contributed by atoms with E-state index >= 15 is 0 Å². The molecule has 1 saturated carbocycles. The van der Waals surface area contributed by atoms with Crippen molar-refractivity contribution in [3.8, 4) is 0 Å². The van der Waals surface area contributed by atoms with Gasteiger partial charge in [-0.15, -0.1) is 0 Å². The van der Waals surface area contributed by atoms with E-state index < -0.39 is 0 Å². The van der Waals surface area contributed by atoms with Gasteiger partial charge in [-0.3, -0.25) is 4.68 Å². The third-order valence-electron chi connectivity index (χ3n) is 2.91. The Morgan fingerprint density at radius 3 is 3.07 bits per heavy atom. The van der Waals surface area contributed by atoms with Crippen molar-refractivity contribution in [2.75, 3.05) is 0 Å². The van der Waals surface area contributed by atoms with Crippen molar-refractivity contribution < 1.29 is 0 Å². The molecule has 1 aliphatic rings. The van der Waals surface area contributed by atoms with Crippen LogP contribution in [-0.2, 0) is 13.0 Å². The Morgan fingerprint density at radius 2 is 2.40 bits per heavy atom. The van der Waals surface area contributed by atoms with E-state index in [1.165, 1.54) is 12.8 Å². The molecule has 1 atom stereocenters. The molecule has 1 heterocycles. The van der Waals surface area contributed by atoms with Crippen LogP contribution >= 0.6 is 0 Å². The normalized spacial score (nSPS) is 18.0. The zero-order valence-electron chi connectivity index (χ0n) is 9.39. The SMILES string of the molecule is CCCn1ncnc1CC(N)CC1CC1. The smallest absolute Gasteiger partial charge is 0.138 e. The summed E-state index contributed by atoms with van der Waals surface area (Å²) >= 11 is 0. The molecule has 1 unspecified atom stereocenters. The van der Waals surface area contributed by atoms with Crippen LogP contribution in [0.1, 0.15) is 38.4 Å². The van der Waals surface area contributed by atoms with Gasteiger partial charge in [-0.25, -0.2) is 4.98 Å². The van der Waals surface area contributed by atoms with Crippen molar-refractivity contribution in [2.45, 2.75) is 51.6 Å². The second-order valence-corrected chi connectivity index (χ2v) is 4.54. The number of aromatic nitrogens is 3. The molecule has 1 aromatic heterocycles. The molecule has 2 rings (SSSR count). The molecular weight excluding hydrogens is 188 g/mol. The summed E-state index contributed by atoms with van der Waals surface area (Å²) in [5, 5.41) is 4.20. The van der Waals surface area contributed by atoms with Gasteiger partial charge in [0.2, 0.25) is 0 Å². The monoisotopic (exact) mass is 208 g/mol. The van der Waals surface area contributed by atoms with Crippen LogP contribution in [0.15, 0.2) is 6.33 Å². The van der Waals surface area contributed by atoms with Crippen molar-refractivity contribution in [3.05, 3.63) is 12.2 Å². The molecule has 1 fully saturated rings. The summed E-state index contributed by atoms with van der Waals surface area (Å²) in [6, 6.07) is 0.261. The number of hydrogen-bond donors (Lipinski definition) is 1. The van der Waals surface area contributed by atoms with Gasteiger partial charge in [0.1, 0.15) is 12.2 Å². The maximum absolute atomic E-state index is 6.09. The lowest BCUT2D eigenvalue weighted by Crippen LogP contribution is -2.25. The minimum atomic E-state index is 0.261. The van der Waals surface area contributed by atoms with E-state index in [1.807, 2.05) is 4.68 Å².